The maximum Gasteiger partial charge on any atom is 0.254 e. The monoisotopic (exact) mass is 364 g/mol. The molecular formula is C23H28N2O2. The lowest BCUT2D eigenvalue weighted by Gasteiger charge is -2.40. The van der Waals surface area contributed by atoms with Gasteiger partial charge in [0.05, 0.1) is 6.61 Å². The summed E-state index contributed by atoms with van der Waals surface area (Å²) < 4.78 is 0. The summed E-state index contributed by atoms with van der Waals surface area (Å²) in [4.78, 5) is 17.7. The third-order valence-electron chi connectivity index (χ3n) is 6.42. The van der Waals surface area contributed by atoms with Crippen molar-refractivity contribution in [1.29, 1.82) is 0 Å². The molecule has 2 saturated heterocycles. The van der Waals surface area contributed by atoms with E-state index in [-0.39, 0.29) is 17.9 Å². The number of benzene rings is 2. The van der Waals surface area contributed by atoms with Gasteiger partial charge in [0.2, 0.25) is 0 Å². The van der Waals surface area contributed by atoms with Gasteiger partial charge in [-0.25, -0.2) is 0 Å². The number of hydrogen-bond acceptors (Lipinski definition) is 3. The van der Waals surface area contributed by atoms with Crippen LogP contribution in [0.25, 0.3) is 0 Å². The highest BCUT2D eigenvalue weighted by molar-refractivity contribution is 5.96. The topological polar surface area (TPSA) is 43.8 Å². The van der Waals surface area contributed by atoms with Crippen LogP contribution in [0, 0.1) is 11.3 Å². The van der Waals surface area contributed by atoms with Crippen LogP contribution in [0.4, 0.5) is 0 Å². The van der Waals surface area contributed by atoms with E-state index in [0.717, 1.165) is 43.6 Å². The second-order valence-electron chi connectivity index (χ2n) is 8.23. The first-order chi connectivity index (χ1) is 13.1. The number of rotatable bonds is 4. The molecule has 0 spiro atoms. The van der Waals surface area contributed by atoms with Crippen molar-refractivity contribution in [2.75, 3.05) is 39.8 Å². The Morgan fingerprint density at radius 1 is 1.11 bits per heavy atom. The highest BCUT2D eigenvalue weighted by Gasteiger charge is 2.49. The van der Waals surface area contributed by atoms with Gasteiger partial charge in [-0.2, -0.15) is 0 Å². The van der Waals surface area contributed by atoms with E-state index in [1.54, 1.807) is 0 Å². The summed E-state index contributed by atoms with van der Waals surface area (Å²) in [6.07, 6.45) is 1.72. The smallest absolute Gasteiger partial charge is 0.254 e. The maximum atomic E-state index is 13.4. The number of fused-ring (bicyclic) bond motifs is 1. The van der Waals surface area contributed by atoms with E-state index in [0.29, 0.717) is 12.5 Å². The Bertz CT molecular complexity index is 807. The fourth-order valence-electron chi connectivity index (χ4n) is 4.73. The molecule has 2 atom stereocenters. The second-order valence-corrected chi connectivity index (χ2v) is 8.23. The molecule has 2 aromatic carbocycles. The van der Waals surface area contributed by atoms with Gasteiger partial charge in [-0.15, -0.1) is 0 Å². The number of carbonyl (C=O) groups excluding carboxylic acids is 1. The molecule has 2 aliphatic heterocycles. The van der Waals surface area contributed by atoms with E-state index in [1.165, 1.54) is 5.56 Å². The van der Waals surface area contributed by atoms with Crippen LogP contribution in [0.2, 0.25) is 0 Å². The van der Waals surface area contributed by atoms with E-state index >= 15 is 0 Å². The normalized spacial score (nSPS) is 25.4. The van der Waals surface area contributed by atoms with Gasteiger partial charge in [0.25, 0.3) is 5.91 Å². The van der Waals surface area contributed by atoms with Gasteiger partial charge in [0.15, 0.2) is 0 Å². The molecular weight excluding hydrogens is 336 g/mol. The Labute approximate surface area is 161 Å². The predicted octanol–water partition coefficient (Wildman–Crippen LogP) is 2.66. The Morgan fingerprint density at radius 2 is 1.85 bits per heavy atom. The van der Waals surface area contributed by atoms with E-state index in [4.69, 9.17) is 0 Å². The summed E-state index contributed by atoms with van der Waals surface area (Å²) >= 11 is 0. The summed E-state index contributed by atoms with van der Waals surface area (Å²) in [5, 5.41) is 10.1. The number of piperidine rings is 1. The summed E-state index contributed by atoms with van der Waals surface area (Å²) in [5.74, 6) is 0.456. The maximum absolute atomic E-state index is 13.4. The molecule has 142 valence electrons. The molecule has 4 rings (SSSR count). The third kappa shape index (κ3) is 3.52. The van der Waals surface area contributed by atoms with Crippen LogP contribution in [-0.4, -0.2) is 60.6 Å². The van der Waals surface area contributed by atoms with E-state index in [2.05, 4.69) is 30.1 Å². The number of amides is 1. The highest BCUT2D eigenvalue weighted by atomic mass is 16.3. The van der Waals surface area contributed by atoms with E-state index in [9.17, 15) is 9.90 Å². The quantitative estimate of drug-likeness (QED) is 0.907. The van der Waals surface area contributed by atoms with Crippen molar-refractivity contribution in [3.05, 3.63) is 71.3 Å². The van der Waals surface area contributed by atoms with Crippen molar-refractivity contribution in [2.24, 2.45) is 11.3 Å². The lowest BCUT2D eigenvalue weighted by Crippen LogP contribution is -2.47. The molecule has 0 bridgehead atoms. The molecule has 2 fully saturated rings. The van der Waals surface area contributed by atoms with Gasteiger partial charge in [0.1, 0.15) is 0 Å². The summed E-state index contributed by atoms with van der Waals surface area (Å²) in [6, 6.07) is 18.2. The van der Waals surface area contributed by atoms with Gasteiger partial charge in [0, 0.05) is 30.6 Å². The molecule has 0 aliphatic carbocycles. The number of nitrogens with zero attached hydrogens (tertiary/aromatic N) is 2. The average Bonchev–Trinajstić information content (AvgIpc) is 3.08. The van der Waals surface area contributed by atoms with Crippen molar-refractivity contribution < 1.29 is 9.90 Å². The zero-order valence-electron chi connectivity index (χ0n) is 16.0. The van der Waals surface area contributed by atoms with Crippen LogP contribution in [0.5, 0.6) is 0 Å². The van der Waals surface area contributed by atoms with Gasteiger partial charge >= 0.3 is 0 Å². The minimum atomic E-state index is -0.128. The average molecular weight is 364 g/mol. The van der Waals surface area contributed by atoms with Gasteiger partial charge in [-0.1, -0.05) is 48.5 Å². The molecule has 1 amide bonds. The highest BCUT2D eigenvalue weighted by Crippen LogP contribution is 2.42. The fourth-order valence-corrected chi connectivity index (χ4v) is 4.73. The Morgan fingerprint density at radius 3 is 2.63 bits per heavy atom. The van der Waals surface area contributed by atoms with Crippen molar-refractivity contribution >= 4 is 5.91 Å². The van der Waals surface area contributed by atoms with Gasteiger partial charge in [-0.3, -0.25) is 4.79 Å². The molecule has 27 heavy (non-hydrogen) atoms. The van der Waals surface area contributed by atoms with Crippen LogP contribution >= 0.6 is 0 Å². The summed E-state index contributed by atoms with van der Waals surface area (Å²) in [6.45, 7) is 3.52. The van der Waals surface area contributed by atoms with Crippen LogP contribution in [0.15, 0.2) is 54.6 Å². The minimum absolute atomic E-state index is 0.103. The molecule has 4 heteroatoms. The van der Waals surface area contributed by atoms with Gasteiger partial charge < -0.3 is 14.9 Å². The van der Waals surface area contributed by atoms with Crippen LogP contribution < -0.4 is 0 Å². The molecule has 0 saturated carbocycles. The standard InChI is InChI=1S/C23H28N2O2/c1-24-12-11-23(17-26)16-25(15-20(23)14-24)22(27)21-10-6-5-9-19(21)13-18-7-3-2-4-8-18/h2-10,20,26H,11-17H2,1H3/t20-,23+/m1/s1. The molecule has 0 aromatic heterocycles. The van der Waals surface area contributed by atoms with Crippen molar-refractivity contribution in [3.8, 4) is 0 Å². The molecule has 0 radical (unpaired) electrons. The fraction of sp³-hybridized carbons (Fsp3) is 0.435. The molecule has 4 nitrogen and oxygen atoms in total. The molecule has 2 aliphatic rings. The third-order valence-corrected chi connectivity index (χ3v) is 6.42. The zero-order chi connectivity index (χ0) is 18.9. The second kappa shape index (κ2) is 7.45. The molecule has 2 aromatic rings. The van der Waals surface area contributed by atoms with Crippen LogP contribution in [0.3, 0.4) is 0 Å². The number of likely N-dealkylation sites (tertiary alicyclic amines) is 2. The molecule has 0 unspecified atom stereocenters. The Hall–Kier alpha value is -2.17. The molecule has 1 N–H and O–H groups in total. The summed E-state index contributed by atoms with van der Waals surface area (Å²) in [5.41, 5.74) is 2.94. The zero-order valence-corrected chi connectivity index (χ0v) is 16.0. The van der Waals surface area contributed by atoms with Gasteiger partial charge in [-0.05, 0) is 49.5 Å². The number of aliphatic hydroxyl groups is 1. The van der Waals surface area contributed by atoms with Crippen LogP contribution in [0.1, 0.15) is 27.9 Å². The predicted molar refractivity (Wildman–Crippen MR) is 107 cm³/mol. The SMILES string of the molecule is CN1CC[C@@]2(CO)CN(C(=O)c3ccccc3Cc3ccccc3)C[C@H]2C1. The summed E-state index contributed by atoms with van der Waals surface area (Å²) in [7, 11) is 2.13. The first-order valence-electron chi connectivity index (χ1n) is 9.82. The van der Waals surface area contributed by atoms with Crippen molar-refractivity contribution in [3.63, 3.8) is 0 Å². The van der Waals surface area contributed by atoms with Crippen molar-refractivity contribution in [1.82, 2.24) is 9.80 Å². The lowest BCUT2D eigenvalue weighted by molar-refractivity contribution is 0.0277. The largest absolute Gasteiger partial charge is 0.396 e. The van der Waals surface area contributed by atoms with E-state index < -0.39 is 0 Å². The lowest BCUT2D eigenvalue weighted by atomic mass is 9.73. The number of hydrogen-bond donors (Lipinski definition) is 1. The number of aliphatic hydroxyl groups excluding tert-OH is 1. The first-order valence-corrected chi connectivity index (χ1v) is 9.82. The van der Waals surface area contributed by atoms with Crippen molar-refractivity contribution in [2.45, 2.75) is 12.8 Å². The van der Waals surface area contributed by atoms with Crippen LogP contribution in [-0.2, 0) is 6.42 Å². The molecule has 2 heterocycles. The Kier molecular flexibility index (Phi) is 5.02. The first kappa shape index (κ1) is 18.2. The minimum Gasteiger partial charge on any atom is -0.396 e. The Balaban J connectivity index is 1.57. The van der Waals surface area contributed by atoms with E-state index in [1.807, 2.05) is 41.3 Å². The number of carbonyl (C=O) groups is 1.